The van der Waals surface area contributed by atoms with Crippen molar-refractivity contribution in [1.82, 2.24) is 4.98 Å². The average Bonchev–Trinajstić information content (AvgIpc) is 2.84. The maximum Gasteiger partial charge on any atom is 0.257 e. The minimum absolute atomic E-state index is 0.126. The van der Waals surface area contributed by atoms with Gasteiger partial charge in [-0.1, -0.05) is 11.3 Å². The van der Waals surface area contributed by atoms with Gasteiger partial charge in [0.15, 0.2) is 5.82 Å². The molecule has 1 N–H and O–H groups in total. The molecular formula is C14H17FN3O4S2+. The van der Waals surface area contributed by atoms with Crippen LogP contribution in [0.3, 0.4) is 0 Å². The summed E-state index contributed by atoms with van der Waals surface area (Å²) >= 11 is 1.15. The average molecular weight is 374 g/mol. The maximum absolute atomic E-state index is 13.4. The van der Waals surface area contributed by atoms with Gasteiger partial charge in [0.05, 0.1) is 17.0 Å². The van der Waals surface area contributed by atoms with E-state index in [1.165, 1.54) is 24.2 Å². The molecule has 2 aromatic heterocycles. The molecule has 0 saturated heterocycles. The van der Waals surface area contributed by atoms with Gasteiger partial charge in [-0.05, 0) is 13.0 Å². The third-order valence-corrected chi connectivity index (χ3v) is 5.43. The number of nitrogens with zero attached hydrogens (tertiary/aromatic N) is 3. The third kappa shape index (κ3) is 4.48. The van der Waals surface area contributed by atoms with Gasteiger partial charge in [0.1, 0.15) is 19.8 Å². The zero-order valence-electron chi connectivity index (χ0n) is 13.4. The van der Waals surface area contributed by atoms with Gasteiger partial charge in [0.2, 0.25) is 12.1 Å². The van der Waals surface area contributed by atoms with Crippen LogP contribution in [0, 0.1) is 12.7 Å². The molecule has 0 unspecified atom stereocenters. The van der Waals surface area contributed by atoms with E-state index in [1.54, 1.807) is 6.92 Å². The normalized spacial score (nSPS) is 11.5. The molecule has 2 rings (SSSR count). The van der Waals surface area contributed by atoms with Crippen molar-refractivity contribution >= 4 is 32.1 Å². The van der Waals surface area contributed by atoms with Crippen molar-refractivity contribution in [2.45, 2.75) is 13.3 Å². The van der Waals surface area contributed by atoms with Crippen molar-refractivity contribution in [1.29, 1.82) is 0 Å². The summed E-state index contributed by atoms with van der Waals surface area (Å²) in [7, 11) is -1.69. The lowest BCUT2D eigenvalue weighted by Crippen LogP contribution is -2.29. The number of thiazole rings is 1. The van der Waals surface area contributed by atoms with Crippen molar-refractivity contribution in [2.24, 2.45) is 0 Å². The predicted octanol–water partition coefficient (Wildman–Crippen LogP) is 1.18. The number of hydrogen-bond donors (Lipinski definition) is 1. The Balaban J connectivity index is 2.26. The fourth-order valence-electron chi connectivity index (χ4n) is 2.02. The first-order chi connectivity index (χ1) is 11.1. The van der Waals surface area contributed by atoms with Crippen LogP contribution in [-0.4, -0.2) is 43.6 Å². The second kappa shape index (κ2) is 6.81. The van der Waals surface area contributed by atoms with Gasteiger partial charge in [-0.15, -0.1) is 0 Å². The van der Waals surface area contributed by atoms with Gasteiger partial charge in [-0.2, -0.15) is 0 Å². The summed E-state index contributed by atoms with van der Waals surface area (Å²) < 4.78 is 36.3. The van der Waals surface area contributed by atoms with E-state index in [0.717, 1.165) is 23.8 Å². The fourth-order valence-corrected chi connectivity index (χ4v) is 3.60. The molecule has 0 aliphatic rings. The van der Waals surface area contributed by atoms with Crippen molar-refractivity contribution in [2.75, 3.05) is 24.0 Å². The second-order valence-electron chi connectivity index (χ2n) is 5.36. The van der Waals surface area contributed by atoms with Crippen LogP contribution >= 0.6 is 11.3 Å². The van der Waals surface area contributed by atoms with Gasteiger partial charge in [0.25, 0.3) is 6.20 Å². The molecule has 0 aromatic carbocycles. The Hall–Kier alpha value is -2.07. The Morgan fingerprint density at radius 3 is 2.71 bits per heavy atom. The highest BCUT2D eigenvalue weighted by Crippen LogP contribution is 2.33. The monoisotopic (exact) mass is 374 g/mol. The van der Waals surface area contributed by atoms with Crippen LogP contribution in [0.15, 0.2) is 18.5 Å². The second-order valence-corrected chi connectivity index (χ2v) is 8.60. The number of hydrogen-bond acceptors (Lipinski definition) is 6. The number of halogens is 1. The van der Waals surface area contributed by atoms with Gasteiger partial charge >= 0.3 is 0 Å². The zero-order chi connectivity index (χ0) is 18.1. The molecule has 0 aliphatic carbocycles. The van der Waals surface area contributed by atoms with E-state index in [9.17, 15) is 22.8 Å². The maximum atomic E-state index is 13.4. The SMILES string of the molecule is Cc1nc(-c2cc(F)c[n+](O)c2)sc1N(C)C(=O)CCS(C)(=O)=O. The number of amides is 1. The molecule has 7 nitrogen and oxygen atoms in total. The molecule has 10 heteroatoms. The Kier molecular flexibility index (Phi) is 5.19. The van der Waals surface area contributed by atoms with Crippen LogP contribution in [0.5, 0.6) is 0 Å². The number of carbonyl (C=O) groups excluding carboxylic acids is 1. The molecule has 1 amide bonds. The number of rotatable bonds is 5. The zero-order valence-corrected chi connectivity index (χ0v) is 15.0. The standard InChI is InChI=1S/C14H17FN3O4S2/c1-9-14(17(2)12(19)4-5-24(3,21)22)23-13(16-9)10-6-11(15)8-18(20)7-10/h6-8,20H,4-5H2,1-3H3/q+1. The molecule has 130 valence electrons. The van der Waals surface area contributed by atoms with Crippen LogP contribution in [-0.2, 0) is 14.6 Å². The van der Waals surface area contributed by atoms with E-state index in [2.05, 4.69) is 4.98 Å². The highest BCUT2D eigenvalue weighted by atomic mass is 32.2. The summed E-state index contributed by atoms with van der Waals surface area (Å²) in [5.74, 6) is -1.20. The number of pyridine rings is 1. The van der Waals surface area contributed by atoms with Crippen molar-refractivity contribution in [3.05, 3.63) is 30.0 Å². The third-order valence-electron chi connectivity index (χ3n) is 3.20. The minimum Gasteiger partial charge on any atom is -0.305 e. The largest absolute Gasteiger partial charge is 0.305 e. The molecular weight excluding hydrogens is 357 g/mol. The number of sulfone groups is 1. The number of aromatic nitrogens is 2. The van der Waals surface area contributed by atoms with Crippen molar-refractivity contribution in [3.63, 3.8) is 0 Å². The lowest BCUT2D eigenvalue weighted by Gasteiger charge is -2.15. The first kappa shape index (κ1) is 18.3. The summed E-state index contributed by atoms with van der Waals surface area (Å²) in [6.07, 6.45) is 3.16. The molecule has 0 aliphatic heterocycles. The van der Waals surface area contributed by atoms with Crippen LogP contribution in [0.4, 0.5) is 9.39 Å². The highest BCUT2D eigenvalue weighted by molar-refractivity contribution is 7.90. The molecule has 0 fully saturated rings. The van der Waals surface area contributed by atoms with E-state index >= 15 is 0 Å². The van der Waals surface area contributed by atoms with Gasteiger partial charge in [0, 0.05) is 24.5 Å². The molecule has 0 spiro atoms. The Labute approximate surface area is 142 Å². The van der Waals surface area contributed by atoms with E-state index in [0.29, 0.717) is 26.0 Å². The first-order valence-corrected chi connectivity index (χ1v) is 9.77. The van der Waals surface area contributed by atoms with E-state index in [-0.39, 0.29) is 18.1 Å². The molecule has 2 aromatic rings. The summed E-state index contributed by atoms with van der Waals surface area (Å²) in [5.41, 5.74) is 0.924. The van der Waals surface area contributed by atoms with Gasteiger partial charge in [-0.3, -0.25) is 10.0 Å². The number of anilines is 1. The lowest BCUT2D eigenvalue weighted by atomic mass is 10.3. The smallest absolute Gasteiger partial charge is 0.257 e. The number of aryl methyl sites for hydroxylation is 1. The fraction of sp³-hybridized carbons (Fsp3) is 0.357. The minimum atomic E-state index is -3.22. The topological polar surface area (TPSA) is 91.4 Å². The van der Waals surface area contributed by atoms with Crippen molar-refractivity contribution in [3.8, 4) is 10.6 Å². The summed E-state index contributed by atoms with van der Waals surface area (Å²) in [6.45, 7) is 1.70. The van der Waals surface area contributed by atoms with Gasteiger partial charge in [-0.25, -0.2) is 17.8 Å². The lowest BCUT2D eigenvalue weighted by molar-refractivity contribution is -0.905. The Bertz CT molecular complexity index is 860. The quantitative estimate of drug-likeness (QED) is 0.627. The summed E-state index contributed by atoms with van der Waals surface area (Å²) in [6, 6.07) is 1.22. The molecule has 0 radical (unpaired) electrons. The molecule has 0 atom stereocenters. The van der Waals surface area contributed by atoms with Crippen LogP contribution < -0.4 is 9.63 Å². The van der Waals surface area contributed by atoms with E-state index in [1.807, 2.05) is 0 Å². The Morgan fingerprint density at radius 2 is 2.12 bits per heavy atom. The molecule has 0 saturated carbocycles. The van der Waals surface area contributed by atoms with Gasteiger partial charge < -0.3 is 4.90 Å². The predicted molar refractivity (Wildman–Crippen MR) is 87.4 cm³/mol. The summed E-state index contributed by atoms with van der Waals surface area (Å²) in [4.78, 5) is 17.8. The van der Waals surface area contributed by atoms with Crippen LogP contribution in [0.2, 0.25) is 0 Å². The van der Waals surface area contributed by atoms with Crippen LogP contribution in [0.1, 0.15) is 12.1 Å². The summed E-state index contributed by atoms with van der Waals surface area (Å²) in [5, 5.41) is 10.4. The molecule has 24 heavy (non-hydrogen) atoms. The Morgan fingerprint density at radius 1 is 1.46 bits per heavy atom. The highest BCUT2D eigenvalue weighted by Gasteiger charge is 2.21. The number of carbonyl (C=O) groups is 1. The first-order valence-electron chi connectivity index (χ1n) is 6.90. The van der Waals surface area contributed by atoms with Crippen molar-refractivity contribution < 1.29 is 27.5 Å². The van der Waals surface area contributed by atoms with E-state index < -0.39 is 15.7 Å². The molecule has 2 heterocycles. The van der Waals surface area contributed by atoms with Crippen LogP contribution in [0.25, 0.3) is 10.6 Å². The molecule has 0 bridgehead atoms. The van der Waals surface area contributed by atoms with E-state index in [4.69, 9.17) is 0 Å².